The van der Waals surface area contributed by atoms with Gasteiger partial charge >= 0.3 is 0 Å². The minimum Gasteiger partial charge on any atom is -0.0828 e. The molecule has 0 radical (unpaired) electrons. The van der Waals surface area contributed by atoms with E-state index < -0.39 is 0 Å². The van der Waals surface area contributed by atoms with Crippen LogP contribution in [0.1, 0.15) is 21.5 Å². The summed E-state index contributed by atoms with van der Waals surface area (Å²) in [6, 6.07) is 28.0. The van der Waals surface area contributed by atoms with Crippen molar-refractivity contribution in [1.82, 2.24) is 0 Å². The van der Waals surface area contributed by atoms with Crippen molar-refractivity contribution < 1.29 is 0 Å². The van der Waals surface area contributed by atoms with E-state index in [9.17, 15) is 0 Å². The first kappa shape index (κ1) is 16.5. The molecule has 2 unspecified atom stereocenters. The zero-order chi connectivity index (χ0) is 18.2. The fourth-order valence-electron chi connectivity index (χ4n) is 4.16. The molecule has 0 heterocycles. The van der Waals surface area contributed by atoms with E-state index in [1.807, 2.05) is 0 Å². The van der Waals surface area contributed by atoms with E-state index >= 15 is 0 Å². The van der Waals surface area contributed by atoms with Gasteiger partial charge in [0, 0.05) is 5.92 Å². The van der Waals surface area contributed by atoms with Crippen LogP contribution in [0.3, 0.4) is 0 Å². The highest BCUT2D eigenvalue weighted by Gasteiger charge is 2.32. The second-order valence-electron chi connectivity index (χ2n) is 7.03. The molecule has 0 N–H and O–H groups in total. The van der Waals surface area contributed by atoms with E-state index in [1.54, 1.807) is 0 Å². The zero-order valence-electron chi connectivity index (χ0n) is 14.8. The summed E-state index contributed by atoms with van der Waals surface area (Å²) < 4.78 is 0. The molecule has 0 spiro atoms. The molecule has 5 rings (SSSR count). The van der Waals surface area contributed by atoms with Crippen LogP contribution in [0.5, 0.6) is 0 Å². The van der Waals surface area contributed by atoms with Crippen LogP contribution in [-0.2, 0) is 0 Å². The van der Waals surface area contributed by atoms with Crippen molar-refractivity contribution in [3.8, 4) is 11.1 Å². The minimum absolute atomic E-state index is 0.278. The molecular weight excluding hydrogens is 392 g/mol. The fraction of sp³-hybridized carbons (Fsp3) is 0.0769. The Hall–Kier alpha value is -2.64. The quantitative estimate of drug-likeness (QED) is 0.384. The number of benzene rings is 3. The van der Waals surface area contributed by atoms with Crippen molar-refractivity contribution in [3.63, 3.8) is 0 Å². The summed E-state index contributed by atoms with van der Waals surface area (Å²) in [5.41, 5.74) is 9.24. The van der Waals surface area contributed by atoms with Crippen LogP contribution in [0.2, 0.25) is 0 Å². The molecular formula is C26H19Br. The van der Waals surface area contributed by atoms with Gasteiger partial charge in [-0.05, 0) is 45.0 Å². The normalized spacial score (nSPS) is 20.3. The maximum absolute atomic E-state index is 4.02. The molecule has 0 saturated carbocycles. The lowest BCUT2D eigenvalue weighted by atomic mass is 9.75. The Kier molecular flexibility index (Phi) is 4.18. The third-order valence-electron chi connectivity index (χ3n) is 5.47. The Balaban J connectivity index is 1.71. The molecule has 2 aliphatic rings. The van der Waals surface area contributed by atoms with Crippen LogP contribution >= 0.6 is 15.9 Å². The molecule has 0 aliphatic heterocycles. The highest BCUT2D eigenvalue weighted by atomic mass is 79.9. The third-order valence-corrected chi connectivity index (χ3v) is 6.54. The van der Waals surface area contributed by atoms with Crippen LogP contribution in [0, 0.1) is 5.92 Å². The largest absolute Gasteiger partial charge is 0.0828 e. The maximum atomic E-state index is 4.02. The molecule has 2 aliphatic carbocycles. The molecule has 0 bridgehead atoms. The second-order valence-corrected chi connectivity index (χ2v) is 8.02. The van der Waals surface area contributed by atoms with Gasteiger partial charge in [-0.25, -0.2) is 0 Å². The lowest BCUT2D eigenvalue weighted by molar-refractivity contribution is 0.756. The lowest BCUT2D eigenvalue weighted by Gasteiger charge is -2.33. The summed E-state index contributed by atoms with van der Waals surface area (Å²) in [6.07, 6.45) is 9.16. The van der Waals surface area contributed by atoms with E-state index in [2.05, 4.69) is 119 Å². The number of allylic oxidation sites excluding steroid dienone is 5. The van der Waals surface area contributed by atoms with E-state index in [-0.39, 0.29) is 4.83 Å². The van der Waals surface area contributed by atoms with Gasteiger partial charge in [0.1, 0.15) is 0 Å². The van der Waals surface area contributed by atoms with E-state index in [1.165, 1.54) is 39.0 Å². The Morgan fingerprint density at radius 3 is 2.15 bits per heavy atom. The second kappa shape index (κ2) is 6.83. The van der Waals surface area contributed by atoms with Gasteiger partial charge in [0.15, 0.2) is 0 Å². The minimum atomic E-state index is 0.278. The van der Waals surface area contributed by atoms with Gasteiger partial charge in [-0.2, -0.15) is 0 Å². The average Bonchev–Trinajstić information content (AvgIpc) is 2.74. The standard InChI is InChI=1S/C26H19Br/c27-26-22-15-7-13-20(18-9-3-1-4-10-18)24(22)17-25-21(14-8-16-23(25)26)19-11-5-2-6-12-19/h1-17,22,26H. The van der Waals surface area contributed by atoms with Gasteiger partial charge in [-0.1, -0.05) is 113 Å². The number of hydrogen-bond acceptors (Lipinski definition) is 0. The molecule has 3 aromatic rings. The molecule has 0 saturated heterocycles. The Bertz CT molecular complexity index is 1070. The highest BCUT2D eigenvalue weighted by molar-refractivity contribution is 9.09. The summed E-state index contributed by atoms with van der Waals surface area (Å²) in [5.74, 6) is 0.351. The zero-order valence-corrected chi connectivity index (χ0v) is 16.4. The van der Waals surface area contributed by atoms with Gasteiger partial charge < -0.3 is 0 Å². The SMILES string of the molecule is BrC1c2cccc(-c3ccccc3)c2C=C2C(c3ccccc3)=CC=CC21. The lowest BCUT2D eigenvalue weighted by Crippen LogP contribution is -2.17. The number of hydrogen-bond donors (Lipinski definition) is 0. The summed E-state index contributed by atoms with van der Waals surface area (Å²) >= 11 is 4.02. The predicted molar refractivity (Wildman–Crippen MR) is 119 cm³/mol. The first-order chi connectivity index (χ1) is 13.3. The van der Waals surface area contributed by atoms with Gasteiger partial charge in [-0.15, -0.1) is 0 Å². The topological polar surface area (TPSA) is 0 Å². The van der Waals surface area contributed by atoms with E-state index in [4.69, 9.17) is 0 Å². The van der Waals surface area contributed by atoms with Gasteiger partial charge in [0.2, 0.25) is 0 Å². The molecule has 0 fully saturated rings. The van der Waals surface area contributed by atoms with E-state index in [0.29, 0.717) is 5.92 Å². The van der Waals surface area contributed by atoms with Crippen LogP contribution in [0.4, 0.5) is 0 Å². The van der Waals surface area contributed by atoms with E-state index in [0.717, 1.165) is 0 Å². The Morgan fingerprint density at radius 2 is 1.41 bits per heavy atom. The molecule has 27 heavy (non-hydrogen) atoms. The van der Waals surface area contributed by atoms with Crippen molar-refractivity contribution in [3.05, 3.63) is 119 Å². The molecule has 3 aromatic carbocycles. The molecule has 130 valence electrons. The van der Waals surface area contributed by atoms with Crippen molar-refractivity contribution in [2.45, 2.75) is 4.83 Å². The number of fused-ring (bicyclic) bond motifs is 2. The monoisotopic (exact) mass is 410 g/mol. The Labute approximate surface area is 168 Å². The number of halogens is 1. The molecule has 0 aromatic heterocycles. The van der Waals surface area contributed by atoms with Crippen molar-refractivity contribution in [2.24, 2.45) is 5.92 Å². The number of rotatable bonds is 2. The van der Waals surface area contributed by atoms with Gasteiger partial charge in [0.05, 0.1) is 4.83 Å². The molecule has 1 heteroatoms. The summed E-state index contributed by atoms with van der Waals surface area (Å²) in [4.78, 5) is 0.278. The van der Waals surface area contributed by atoms with Crippen LogP contribution in [-0.4, -0.2) is 0 Å². The first-order valence-corrected chi connectivity index (χ1v) is 10.2. The smallest absolute Gasteiger partial charge is 0.0504 e. The van der Waals surface area contributed by atoms with Crippen LogP contribution in [0.25, 0.3) is 22.8 Å². The van der Waals surface area contributed by atoms with Crippen molar-refractivity contribution in [2.75, 3.05) is 0 Å². The maximum Gasteiger partial charge on any atom is 0.0504 e. The molecule has 0 nitrogen and oxygen atoms in total. The summed E-state index contributed by atoms with van der Waals surface area (Å²) in [6.45, 7) is 0. The highest BCUT2D eigenvalue weighted by Crippen LogP contribution is 2.50. The third kappa shape index (κ3) is 2.83. The van der Waals surface area contributed by atoms with Gasteiger partial charge in [0.25, 0.3) is 0 Å². The predicted octanol–water partition coefficient (Wildman–Crippen LogP) is 7.46. The summed E-state index contributed by atoms with van der Waals surface area (Å²) in [5, 5.41) is 0. The van der Waals surface area contributed by atoms with Crippen molar-refractivity contribution in [1.29, 1.82) is 0 Å². The summed E-state index contributed by atoms with van der Waals surface area (Å²) in [7, 11) is 0. The van der Waals surface area contributed by atoms with Crippen LogP contribution < -0.4 is 0 Å². The molecule has 2 atom stereocenters. The fourth-order valence-corrected chi connectivity index (χ4v) is 5.02. The van der Waals surface area contributed by atoms with Crippen molar-refractivity contribution >= 4 is 27.6 Å². The van der Waals surface area contributed by atoms with Crippen LogP contribution in [0.15, 0.2) is 103 Å². The molecule has 0 amide bonds. The average molecular weight is 411 g/mol. The Morgan fingerprint density at radius 1 is 0.704 bits per heavy atom. The first-order valence-electron chi connectivity index (χ1n) is 9.31. The van der Waals surface area contributed by atoms with Gasteiger partial charge in [-0.3, -0.25) is 0 Å². The number of alkyl halides is 1.